The summed E-state index contributed by atoms with van der Waals surface area (Å²) in [6.07, 6.45) is 7.44. The van der Waals surface area contributed by atoms with Crippen LogP contribution in [0.5, 0.6) is 11.5 Å². The number of carbonyl (C=O) groups excluding carboxylic acids is 2. The third kappa shape index (κ3) is 5.16. The molecule has 0 aromatic heterocycles. The zero-order valence-electron chi connectivity index (χ0n) is 16.8. The van der Waals surface area contributed by atoms with Crippen LogP contribution in [0.15, 0.2) is 18.2 Å². The van der Waals surface area contributed by atoms with Crippen LogP contribution in [0.3, 0.4) is 0 Å². The Morgan fingerprint density at radius 1 is 1.07 bits per heavy atom. The molecule has 0 unspecified atom stereocenters. The Labute approximate surface area is 166 Å². The average molecular weight is 389 g/mol. The second-order valence-electron chi connectivity index (χ2n) is 7.59. The minimum absolute atomic E-state index is 0.0908. The molecule has 1 saturated heterocycles. The molecule has 1 atom stereocenters. The van der Waals surface area contributed by atoms with Gasteiger partial charge in [0.25, 0.3) is 0 Å². The van der Waals surface area contributed by atoms with E-state index >= 15 is 0 Å². The number of nitrogens with zero attached hydrogens (tertiary/aromatic N) is 1. The number of carbonyl (C=O) groups is 2. The maximum absolute atomic E-state index is 12.4. The van der Waals surface area contributed by atoms with Crippen molar-refractivity contribution in [1.29, 1.82) is 0 Å². The van der Waals surface area contributed by atoms with Gasteiger partial charge in [-0.3, -0.25) is 15.0 Å². The highest BCUT2D eigenvalue weighted by Gasteiger charge is 2.30. The van der Waals surface area contributed by atoms with Crippen molar-refractivity contribution in [3.8, 4) is 11.5 Å². The molecule has 2 aliphatic rings. The fourth-order valence-electron chi connectivity index (χ4n) is 4.28. The van der Waals surface area contributed by atoms with E-state index in [1.54, 1.807) is 14.2 Å². The van der Waals surface area contributed by atoms with E-state index in [-0.39, 0.29) is 30.6 Å². The molecule has 3 rings (SSSR count). The van der Waals surface area contributed by atoms with Gasteiger partial charge in [0, 0.05) is 23.7 Å². The van der Waals surface area contributed by atoms with Gasteiger partial charge in [0.05, 0.1) is 20.8 Å². The minimum atomic E-state index is -0.380. The van der Waals surface area contributed by atoms with Crippen molar-refractivity contribution in [2.24, 2.45) is 0 Å². The van der Waals surface area contributed by atoms with Gasteiger partial charge in [0.15, 0.2) is 0 Å². The van der Waals surface area contributed by atoms with E-state index < -0.39 is 0 Å². The van der Waals surface area contributed by atoms with Crippen molar-refractivity contribution in [1.82, 2.24) is 15.5 Å². The maximum atomic E-state index is 12.4. The fraction of sp³-hybridized carbons (Fsp3) is 0.619. The highest BCUT2D eigenvalue weighted by Crippen LogP contribution is 2.38. The van der Waals surface area contributed by atoms with Gasteiger partial charge in [-0.2, -0.15) is 0 Å². The number of likely N-dealkylation sites (tertiary alicyclic amines) is 1. The number of amides is 3. The Hall–Kier alpha value is -2.28. The molecule has 2 fully saturated rings. The molecule has 1 saturated carbocycles. The first-order chi connectivity index (χ1) is 13.6. The van der Waals surface area contributed by atoms with Crippen LogP contribution in [0, 0.1) is 0 Å². The third-order valence-corrected chi connectivity index (χ3v) is 5.70. The van der Waals surface area contributed by atoms with Gasteiger partial charge in [-0.25, -0.2) is 4.79 Å². The molecule has 2 N–H and O–H groups in total. The number of hydrogen-bond acceptors (Lipinski definition) is 5. The van der Waals surface area contributed by atoms with E-state index in [1.165, 1.54) is 6.42 Å². The first-order valence-corrected chi connectivity index (χ1v) is 10.2. The lowest BCUT2D eigenvalue weighted by atomic mass is 9.96. The van der Waals surface area contributed by atoms with Crippen molar-refractivity contribution in [3.05, 3.63) is 23.8 Å². The molecule has 7 nitrogen and oxygen atoms in total. The van der Waals surface area contributed by atoms with Gasteiger partial charge in [0.1, 0.15) is 11.5 Å². The summed E-state index contributed by atoms with van der Waals surface area (Å²) in [5.41, 5.74) is 1.04. The van der Waals surface area contributed by atoms with Gasteiger partial charge in [-0.1, -0.05) is 25.3 Å². The second kappa shape index (κ2) is 9.78. The summed E-state index contributed by atoms with van der Waals surface area (Å²) in [7, 11) is 3.26. The van der Waals surface area contributed by atoms with Crippen LogP contribution >= 0.6 is 0 Å². The highest BCUT2D eigenvalue weighted by atomic mass is 16.5. The quantitative estimate of drug-likeness (QED) is 0.782. The number of nitrogens with one attached hydrogen (secondary N) is 2. The van der Waals surface area contributed by atoms with Gasteiger partial charge in [-0.15, -0.1) is 0 Å². The number of benzene rings is 1. The summed E-state index contributed by atoms with van der Waals surface area (Å²) in [5.74, 6) is 1.22. The van der Waals surface area contributed by atoms with E-state index in [1.807, 2.05) is 18.2 Å². The van der Waals surface area contributed by atoms with E-state index in [9.17, 15) is 9.59 Å². The Kier molecular flexibility index (Phi) is 7.14. The summed E-state index contributed by atoms with van der Waals surface area (Å²) >= 11 is 0. The fourth-order valence-corrected chi connectivity index (χ4v) is 4.28. The Morgan fingerprint density at radius 2 is 1.86 bits per heavy atom. The molecule has 1 aromatic carbocycles. The zero-order valence-corrected chi connectivity index (χ0v) is 16.8. The lowest BCUT2D eigenvalue weighted by molar-refractivity contribution is -0.121. The zero-order chi connectivity index (χ0) is 19.9. The summed E-state index contributed by atoms with van der Waals surface area (Å²) in [4.78, 5) is 26.6. The number of rotatable bonds is 6. The highest BCUT2D eigenvalue weighted by molar-refractivity contribution is 5.95. The van der Waals surface area contributed by atoms with Crippen LogP contribution in [-0.4, -0.2) is 50.2 Å². The van der Waals surface area contributed by atoms with E-state index in [4.69, 9.17) is 9.47 Å². The van der Waals surface area contributed by atoms with Crippen LogP contribution in [-0.2, 0) is 4.79 Å². The Morgan fingerprint density at radius 3 is 2.57 bits per heavy atom. The molecule has 0 bridgehead atoms. The topological polar surface area (TPSA) is 79.9 Å². The maximum Gasteiger partial charge on any atom is 0.321 e. The minimum Gasteiger partial charge on any atom is -0.497 e. The Bertz CT molecular complexity index is 688. The number of imide groups is 1. The van der Waals surface area contributed by atoms with Crippen molar-refractivity contribution in [2.45, 2.75) is 57.0 Å². The van der Waals surface area contributed by atoms with Crippen LogP contribution in [0.25, 0.3) is 0 Å². The number of ether oxygens (including phenoxy) is 2. The molecule has 28 heavy (non-hydrogen) atoms. The lowest BCUT2D eigenvalue weighted by Crippen LogP contribution is -2.48. The molecular formula is C21H31N3O4. The molecule has 3 amide bonds. The van der Waals surface area contributed by atoms with Gasteiger partial charge < -0.3 is 14.8 Å². The van der Waals surface area contributed by atoms with Crippen molar-refractivity contribution < 1.29 is 19.1 Å². The largest absolute Gasteiger partial charge is 0.497 e. The van der Waals surface area contributed by atoms with E-state index in [0.717, 1.165) is 62.1 Å². The summed E-state index contributed by atoms with van der Waals surface area (Å²) in [5, 5.41) is 5.42. The smallest absolute Gasteiger partial charge is 0.321 e. The summed E-state index contributed by atoms with van der Waals surface area (Å²) in [6, 6.07) is 5.66. The molecule has 1 heterocycles. The van der Waals surface area contributed by atoms with Gasteiger partial charge in [0.2, 0.25) is 5.91 Å². The average Bonchev–Trinajstić information content (AvgIpc) is 3.15. The van der Waals surface area contributed by atoms with Crippen molar-refractivity contribution in [3.63, 3.8) is 0 Å². The van der Waals surface area contributed by atoms with Crippen LogP contribution in [0.1, 0.15) is 56.6 Å². The van der Waals surface area contributed by atoms with E-state index in [2.05, 4.69) is 15.5 Å². The number of hydrogen-bond donors (Lipinski definition) is 2. The first-order valence-electron chi connectivity index (χ1n) is 10.2. The third-order valence-electron chi connectivity index (χ3n) is 5.70. The molecular weight excluding hydrogens is 358 g/mol. The molecule has 1 aliphatic heterocycles. The van der Waals surface area contributed by atoms with Crippen molar-refractivity contribution in [2.75, 3.05) is 27.3 Å². The van der Waals surface area contributed by atoms with Crippen molar-refractivity contribution >= 4 is 11.9 Å². The Balaban J connectivity index is 1.57. The normalized spacial score (nSPS) is 20.6. The number of urea groups is 1. The molecule has 1 aromatic rings. The lowest BCUT2D eigenvalue weighted by Gasteiger charge is -2.26. The molecule has 154 valence electrons. The predicted molar refractivity (Wildman–Crippen MR) is 107 cm³/mol. The summed E-state index contributed by atoms with van der Waals surface area (Å²) < 4.78 is 10.8. The second-order valence-corrected chi connectivity index (χ2v) is 7.59. The van der Waals surface area contributed by atoms with Crippen LogP contribution in [0.2, 0.25) is 0 Å². The predicted octanol–water partition coefficient (Wildman–Crippen LogP) is 3.00. The molecule has 1 aliphatic carbocycles. The summed E-state index contributed by atoms with van der Waals surface area (Å²) in [6.45, 7) is 1.01. The van der Waals surface area contributed by atoms with E-state index in [0.29, 0.717) is 0 Å². The van der Waals surface area contributed by atoms with Crippen LogP contribution < -0.4 is 20.1 Å². The van der Waals surface area contributed by atoms with Crippen LogP contribution in [0.4, 0.5) is 4.79 Å². The molecule has 0 spiro atoms. The standard InChI is InChI=1S/C21H31N3O4/c1-27-16-10-11-17(19(13-16)28-2)18-9-6-12-24(18)14-20(25)23-21(26)22-15-7-4-3-5-8-15/h10-11,13,15,18H,3-9,12,14H2,1-2H3,(H2,22,23,25,26)/t18-/m1/s1. The molecule has 0 radical (unpaired) electrons. The monoisotopic (exact) mass is 389 g/mol. The SMILES string of the molecule is COc1ccc([C@H]2CCCN2CC(=O)NC(=O)NC2CCCCC2)c(OC)c1. The van der Waals surface area contributed by atoms with Gasteiger partial charge >= 0.3 is 6.03 Å². The first kappa shape index (κ1) is 20.5. The number of methoxy groups -OCH3 is 2. The van der Waals surface area contributed by atoms with Gasteiger partial charge in [-0.05, 0) is 38.3 Å². The molecule has 7 heteroatoms.